The van der Waals surface area contributed by atoms with Gasteiger partial charge in [0.05, 0.1) is 22.5 Å². The van der Waals surface area contributed by atoms with Gasteiger partial charge in [-0.2, -0.15) is 0 Å². The Labute approximate surface area is 138 Å². The van der Waals surface area contributed by atoms with E-state index in [1.54, 1.807) is 0 Å². The van der Waals surface area contributed by atoms with Crippen LogP contribution in [0.5, 0.6) is 0 Å². The lowest BCUT2D eigenvalue weighted by molar-refractivity contribution is -0.117. The molecule has 0 fully saturated rings. The van der Waals surface area contributed by atoms with Crippen molar-refractivity contribution in [3.63, 3.8) is 0 Å². The van der Waals surface area contributed by atoms with Crippen molar-refractivity contribution in [1.29, 1.82) is 0 Å². The highest BCUT2D eigenvalue weighted by atomic mass is 16.3. The Morgan fingerprint density at radius 3 is 1.38 bits per heavy atom. The van der Waals surface area contributed by atoms with Crippen molar-refractivity contribution in [3.8, 4) is 0 Å². The van der Waals surface area contributed by atoms with E-state index in [0.717, 1.165) is 22.6 Å². The molecule has 6 nitrogen and oxygen atoms in total. The first-order valence-electron chi connectivity index (χ1n) is 7.63. The summed E-state index contributed by atoms with van der Waals surface area (Å²) in [6, 6.07) is 3.73. The number of aryl methyl sites for hydroxylation is 4. The maximum atomic E-state index is 12.5. The fraction of sp³-hybridized carbons (Fsp3) is 0.222. The lowest BCUT2D eigenvalue weighted by Crippen LogP contribution is -2.21. The Morgan fingerprint density at radius 2 is 1.08 bits per heavy atom. The van der Waals surface area contributed by atoms with Crippen LogP contribution >= 0.6 is 0 Å². The topological polar surface area (TPSA) is 84.5 Å². The van der Waals surface area contributed by atoms with E-state index in [2.05, 4.69) is 10.6 Å². The minimum absolute atomic E-state index is 0.306. The largest absolute Gasteiger partial charge is 0.460 e. The number of amides is 2. The fourth-order valence-electron chi connectivity index (χ4n) is 3.30. The highest BCUT2D eigenvalue weighted by Crippen LogP contribution is 2.39. The number of carbonyl (C=O) groups is 2. The number of hydrogen-bond acceptors (Lipinski definition) is 4. The predicted octanol–water partition coefficient (Wildman–Crippen LogP) is 2.49. The Bertz CT molecular complexity index is 905. The summed E-state index contributed by atoms with van der Waals surface area (Å²) in [6.07, 6.45) is 0. The predicted molar refractivity (Wildman–Crippen MR) is 86.5 cm³/mol. The van der Waals surface area contributed by atoms with Crippen molar-refractivity contribution in [3.05, 3.63) is 57.4 Å². The average Bonchev–Trinajstić information content (AvgIpc) is 3.19. The van der Waals surface area contributed by atoms with Crippen molar-refractivity contribution in [2.24, 2.45) is 0 Å². The van der Waals surface area contributed by atoms with Crippen LogP contribution in [0, 0.1) is 27.7 Å². The summed E-state index contributed by atoms with van der Waals surface area (Å²) in [6.45, 7) is 7.40. The SMILES string of the molecule is Cc1cc(C)c(C2=C3C(=O)NC(c4oc(C)cc4C)=C3C(=O)N2)o1. The molecule has 6 heteroatoms. The monoisotopic (exact) mass is 324 g/mol. The summed E-state index contributed by atoms with van der Waals surface area (Å²) >= 11 is 0. The highest BCUT2D eigenvalue weighted by molar-refractivity contribution is 6.30. The van der Waals surface area contributed by atoms with Crippen molar-refractivity contribution in [1.82, 2.24) is 10.6 Å². The lowest BCUT2D eigenvalue weighted by atomic mass is 10.0. The number of hydrogen-bond donors (Lipinski definition) is 2. The second-order valence-corrected chi connectivity index (χ2v) is 6.15. The van der Waals surface area contributed by atoms with Gasteiger partial charge >= 0.3 is 0 Å². The van der Waals surface area contributed by atoms with Gasteiger partial charge in [-0.15, -0.1) is 0 Å². The van der Waals surface area contributed by atoms with Crippen LogP contribution in [0.2, 0.25) is 0 Å². The van der Waals surface area contributed by atoms with Crippen molar-refractivity contribution in [2.75, 3.05) is 0 Å². The zero-order valence-electron chi connectivity index (χ0n) is 13.8. The Morgan fingerprint density at radius 1 is 0.708 bits per heavy atom. The molecular formula is C18H16N2O4. The number of nitrogens with one attached hydrogen (secondary N) is 2. The van der Waals surface area contributed by atoms with Crippen LogP contribution in [0.4, 0.5) is 0 Å². The van der Waals surface area contributed by atoms with Crippen molar-refractivity contribution in [2.45, 2.75) is 27.7 Å². The van der Waals surface area contributed by atoms with Crippen LogP contribution < -0.4 is 10.6 Å². The van der Waals surface area contributed by atoms with E-state index in [0.29, 0.717) is 34.1 Å². The maximum absolute atomic E-state index is 12.5. The number of rotatable bonds is 2. The molecule has 0 aliphatic carbocycles. The third-order valence-corrected chi connectivity index (χ3v) is 4.22. The Kier molecular flexibility index (Phi) is 2.87. The van der Waals surface area contributed by atoms with E-state index in [1.807, 2.05) is 39.8 Å². The molecule has 2 aromatic heterocycles. The van der Waals surface area contributed by atoms with Gasteiger partial charge in [-0.3, -0.25) is 9.59 Å². The van der Waals surface area contributed by atoms with Gasteiger partial charge in [0.2, 0.25) is 0 Å². The molecule has 4 rings (SSSR count). The number of fused-ring (bicyclic) bond motifs is 1. The van der Waals surface area contributed by atoms with Crippen molar-refractivity contribution < 1.29 is 18.4 Å². The highest BCUT2D eigenvalue weighted by Gasteiger charge is 2.43. The molecule has 0 unspecified atom stereocenters. The van der Waals surface area contributed by atoms with Gasteiger partial charge in [0.15, 0.2) is 11.5 Å². The summed E-state index contributed by atoms with van der Waals surface area (Å²) in [5.74, 6) is 1.78. The van der Waals surface area contributed by atoms with Crippen LogP contribution in [-0.4, -0.2) is 11.8 Å². The van der Waals surface area contributed by atoms with Crippen LogP contribution in [0.3, 0.4) is 0 Å². The first kappa shape index (κ1) is 14.6. The third-order valence-electron chi connectivity index (χ3n) is 4.22. The normalized spacial score (nSPS) is 16.8. The summed E-state index contributed by atoms with van der Waals surface area (Å²) < 4.78 is 11.3. The summed E-state index contributed by atoms with van der Waals surface area (Å²) in [5.41, 5.74) is 3.16. The van der Waals surface area contributed by atoms with Crippen LogP contribution in [0.1, 0.15) is 34.2 Å². The molecule has 2 amide bonds. The minimum Gasteiger partial charge on any atom is -0.460 e. The zero-order valence-corrected chi connectivity index (χ0v) is 13.8. The molecule has 0 radical (unpaired) electrons. The van der Waals surface area contributed by atoms with Gasteiger partial charge in [-0.1, -0.05) is 0 Å². The molecule has 0 bridgehead atoms. The minimum atomic E-state index is -0.338. The van der Waals surface area contributed by atoms with Gasteiger partial charge in [-0.25, -0.2) is 0 Å². The number of carbonyl (C=O) groups excluding carboxylic acids is 2. The van der Waals surface area contributed by atoms with Crippen LogP contribution in [-0.2, 0) is 9.59 Å². The summed E-state index contributed by atoms with van der Waals surface area (Å²) in [4.78, 5) is 25.0. The smallest absolute Gasteiger partial charge is 0.258 e. The maximum Gasteiger partial charge on any atom is 0.258 e. The molecular weight excluding hydrogens is 308 g/mol. The van der Waals surface area contributed by atoms with E-state index in [9.17, 15) is 9.59 Å². The molecule has 122 valence electrons. The molecule has 4 heterocycles. The fourth-order valence-corrected chi connectivity index (χ4v) is 3.30. The molecule has 24 heavy (non-hydrogen) atoms. The number of furan rings is 2. The van der Waals surface area contributed by atoms with Crippen LogP contribution in [0.25, 0.3) is 11.4 Å². The van der Waals surface area contributed by atoms with E-state index >= 15 is 0 Å². The van der Waals surface area contributed by atoms with E-state index < -0.39 is 0 Å². The first-order chi connectivity index (χ1) is 11.4. The molecule has 2 aliphatic heterocycles. The lowest BCUT2D eigenvalue weighted by Gasteiger charge is -2.05. The zero-order chi connectivity index (χ0) is 17.2. The molecule has 0 saturated carbocycles. The quantitative estimate of drug-likeness (QED) is 0.889. The van der Waals surface area contributed by atoms with E-state index in [1.165, 1.54) is 0 Å². The van der Waals surface area contributed by atoms with E-state index in [4.69, 9.17) is 8.83 Å². The Balaban J connectivity index is 1.95. The Hall–Kier alpha value is -3.02. The second-order valence-electron chi connectivity index (χ2n) is 6.15. The molecule has 2 aliphatic rings. The van der Waals surface area contributed by atoms with Gasteiger partial charge in [-0.05, 0) is 51.0 Å². The molecule has 0 saturated heterocycles. The third kappa shape index (κ3) is 1.89. The van der Waals surface area contributed by atoms with Gasteiger partial charge < -0.3 is 19.5 Å². The van der Waals surface area contributed by atoms with Crippen molar-refractivity contribution >= 4 is 23.2 Å². The van der Waals surface area contributed by atoms with Gasteiger partial charge in [0.25, 0.3) is 11.8 Å². The molecule has 0 aromatic carbocycles. The van der Waals surface area contributed by atoms with Crippen LogP contribution in [0.15, 0.2) is 32.1 Å². The average molecular weight is 324 g/mol. The molecule has 2 aromatic rings. The van der Waals surface area contributed by atoms with E-state index in [-0.39, 0.29) is 11.8 Å². The molecule has 0 spiro atoms. The summed E-state index contributed by atoms with van der Waals surface area (Å²) in [7, 11) is 0. The summed E-state index contributed by atoms with van der Waals surface area (Å²) in [5, 5.41) is 5.54. The van der Waals surface area contributed by atoms with Gasteiger partial charge in [0, 0.05) is 0 Å². The molecule has 2 N–H and O–H groups in total. The van der Waals surface area contributed by atoms with Gasteiger partial charge in [0.1, 0.15) is 11.5 Å². The molecule has 0 atom stereocenters. The second kappa shape index (κ2) is 4.74. The first-order valence-corrected chi connectivity index (χ1v) is 7.63. The standard InChI is InChI=1S/C18H16N2O4/c1-7-5-9(3)23-15(7)13-11-12(18(22)19-13)14(20-17(11)21)16-8(2)6-10(4)24-16/h5-6H,1-4H3,(H,19,22)(H,20,21).